The Kier molecular flexibility index (Phi) is 14.4. The average molecular weight is 417 g/mol. The standard InChI is InChI=1S/C16H33N7O3.CH3NO/c1-2-20-3-5-21(11-14(17)24)7-9-23(13-16(19)26)10-8-22(6-4-20)12-15(18)25;2-1-3/h2-13H2,1H3,(H2,17,24)(H2,18,25)(H2,19,26);1H,(H2,2,3). The fraction of sp³-hybridized carbons (Fsp3) is 0.765. The molecule has 12 nitrogen and oxygen atoms in total. The van der Waals surface area contributed by atoms with Crippen molar-refractivity contribution in [1.82, 2.24) is 19.6 Å². The van der Waals surface area contributed by atoms with Crippen molar-refractivity contribution in [2.24, 2.45) is 22.9 Å². The molecule has 1 heterocycles. The molecule has 0 aromatic rings. The zero-order valence-electron chi connectivity index (χ0n) is 17.3. The lowest BCUT2D eigenvalue weighted by molar-refractivity contribution is -0.121. The minimum absolute atomic E-state index is 0.135. The number of hydrogen-bond donors (Lipinski definition) is 4. The molecule has 0 saturated carbocycles. The first-order valence-electron chi connectivity index (χ1n) is 9.61. The number of amides is 4. The van der Waals surface area contributed by atoms with E-state index in [4.69, 9.17) is 22.0 Å². The molecule has 0 aliphatic carbocycles. The molecule has 29 heavy (non-hydrogen) atoms. The van der Waals surface area contributed by atoms with E-state index in [0.29, 0.717) is 39.3 Å². The molecule has 0 unspecified atom stereocenters. The molecule has 0 bridgehead atoms. The zero-order chi connectivity index (χ0) is 22.2. The van der Waals surface area contributed by atoms with Crippen LogP contribution in [0.15, 0.2) is 0 Å². The summed E-state index contributed by atoms with van der Waals surface area (Å²) >= 11 is 0. The summed E-state index contributed by atoms with van der Waals surface area (Å²) in [5, 5.41) is 0. The Bertz CT molecular complexity index is 488. The van der Waals surface area contributed by atoms with Gasteiger partial charge in [-0.05, 0) is 6.54 Å². The van der Waals surface area contributed by atoms with E-state index in [-0.39, 0.29) is 37.9 Å². The van der Waals surface area contributed by atoms with Crippen molar-refractivity contribution >= 4 is 24.1 Å². The van der Waals surface area contributed by atoms with Crippen LogP contribution >= 0.6 is 0 Å². The summed E-state index contributed by atoms with van der Waals surface area (Å²) in [7, 11) is 0. The number of likely N-dealkylation sites (N-methyl/N-ethyl adjacent to an activating group) is 1. The van der Waals surface area contributed by atoms with Gasteiger partial charge < -0.3 is 27.8 Å². The highest BCUT2D eigenvalue weighted by Gasteiger charge is 2.18. The van der Waals surface area contributed by atoms with Crippen molar-refractivity contribution in [2.45, 2.75) is 6.92 Å². The van der Waals surface area contributed by atoms with E-state index in [1.54, 1.807) is 0 Å². The number of primary amides is 4. The maximum atomic E-state index is 11.3. The minimum Gasteiger partial charge on any atom is -0.372 e. The molecule has 0 radical (unpaired) electrons. The van der Waals surface area contributed by atoms with Crippen LogP contribution in [0.2, 0.25) is 0 Å². The molecule has 168 valence electrons. The van der Waals surface area contributed by atoms with Crippen LogP contribution in [0.3, 0.4) is 0 Å². The van der Waals surface area contributed by atoms with Crippen molar-refractivity contribution < 1.29 is 19.2 Å². The van der Waals surface area contributed by atoms with Crippen LogP contribution in [0.5, 0.6) is 0 Å². The molecule has 0 aromatic heterocycles. The SMILES string of the molecule is CCN1CCN(CC(N)=O)CCN(CC(N)=O)CCN(CC(N)=O)CC1.NC=O. The van der Waals surface area contributed by atoms with Gasteiger partial charge in [0, 0.05) is 52.4 Å². The fourth-order valence-electron chi connectivity index (χ4n) is 3.03. The Labute approximate surface area is 172 Å². The van der Waals surface area contributed by atoms with Crippen LogP contribution in [-0.4, -0.2) is 122 Å². The molecule has 1 fully saturated rings. The van der Waals surface area contributed by atoms with Crippen molar-refractivity contribution in [2.75, 3.05) is 78.5 Å². The van der Waals surface area contributed by atoms with Gasteiger partial charge in [-0.15, -0.1) is 0 Å². The van der Waals surface area contributed by atoms with Crippen molar-refractivity contribution in [1.29, 1.82) is 0 Å². The maximum absolute atomic E-state index is 11.3. The Morgan fingerprint density at radius 1 is 0.655 bits per heavy atom. The average Bonchev–Trinajstić information content (AvgIpc) is 2.61. The maximum Gasteiger partial charge on any atom is 0.231 e. The minimum atomic E-state index is -0.405. The highest BCUT2D eigenvalue weighted by molar-refractivity contribution is 5.76. The van der Waals surface area contributed by atoms with Crippen LogP contribution in [0, 0.1) is 0 Å². The molecular formula is C17H36N8O4. The molecular weight excluding hydrogens is 380 g/mol. The van der Waals surface area contributed by atoms with E-state index < -0.39 is 5.91 Å². The molecule has 8 N–H and O–H groups in total. The van der Waals surface area contributed by atoms with Crippen LogP contribution in [0.25, 0.3) is 0 Å². The number of carbonyl (C=O) groups is 4. The molecule has 0 atom stereocenters. The Morgan fingerprint density at radius 2 is 0.862 bits per heavy atom. The van der Waals surface area contributed by atoms with Crippen molar-refractivity contribution in [3.8, 4) is 0 Å². The second-order valence-corrected chi connectivity index (χ2v) is 6.80. The smallest absolute Gasteiger partial charge is 0.231 e. The number of nitrogens with two attached hydrogens (primary N) is 4. The number of carbonyl (C=O) groups excluding carboxylic acids is 4. The van der Waals surface area contributed by atoms with Crippen LogP contribution in [0.1, 0.15) is 6.92 Å². The van der Waals surface area contributed by atoms with Crippen LogP contribution < -0.4 is 22.9 Å². The highest BCUT2D eigenvalue weighted by Crippen LogP contribution is 2.00. The number of nitrogens with zero attached hydrogens (tertiary/aromatic N) is 4. The molecule has 0 aromatic carbocycles. The van der Waals surface area contributed by atoms with Gasteiger partial charge >= 0.3 is 0 Å². The zero-order valence-corrected chi connectivity index (χ0v) is 17.3. The normalized spacial score (nSPS) is 18.5. The van der Waals surface area contributed by atoms with Gasteiger partial charge in [-0.3, -0.25) is 33.9 Å². The quantitative estimate of drug-likeness (QED) is 0.301. The Balaban J connectivity index is 0.00000245. The lowest BCUT2D eigenvalue weighted by Crippen LogP contribution is -2.49. The van der Waals surface area contributed by atoms with Gasteiger partial charge in [0.05, 0.1) is 19.6 Å². The molecule has 1 rings (SSSR count). The van der Waals surface area contributed by atoms with Crippen molar-refractivity contribution in [3.63, 3.8) is 0 Å². The van der Waals surface area contributed by atoms with E-state index in [9.17, 15) is 14.4 Å². The lowest BCUT2D eigenvalue weighted by atomic mass is 10.3. The Morgan fingerprint density at radius 3 is 1.03 bits per heavy atom. The van der Waals surface area contributed by atoms with Gasteiger partial charge in [-0.2, -0.15) is 0 Å². The van der Waals surface area contributed by atoms with E-state index >= 15 is 0 Å². The summed E-state index contributed by atoms with van der Waals surface area (Å²) in [4.78, 5) is 50.8. The largest absolute Gasteiger partial charge is 0.372 e. The van der Waals surface area contributed by atoms with Gasteiger partial charge in [0.25, 0.3) is 0 Å². The third-order valence-corrected chi connectivity index (χ3v) is 4.52. The van der Waals surface area contributed by atoms with E-state index in [1.807, 2.05) is 14.7 Å². The van der Waals surface area contributed by atoms with E-state index in [2.05, 4.69) is 17.6 Å². The van der Waals surface area contributed by atoms with Gasteiger partial charge in [0.2, 0.25) is 24.1 Å². The molecule has 1 aliphatic rings. The second kappa shape index (κ2) is 15.6. The summed E-state index contributed by atoms with van der Waals surface area (Å²) in [5.41, 5.74) is 20.2. The van der Waals surface area contributed by atoms with E-state index in [0.717, 1.165) is 19.6 Å². The first-order chi connectivity index (χ1) is 13.7. The Hall–Kier alpha value is -2.28. The highest BCUT2D eigenvalue weighted by atomic mass is 16.2. The van der Waals surface area contributed by atoms with Crippen molar-refractivity contribution in [3.05, 3.63) is 0 Å². The lowest BCUT2D eigenvalue weighted by Gasteiger charge is -2.33. The predicted molar refractivity (Wildman–Crippen MR) is 109 cm³/mol. The number of rotatable bonds is 7. The molecule has 12 heteroatoms. The predicted octanol–water partition coefficient (Wildman–Crippen LogP) is -4.21. The van der Waals surface area contributed by atoms with Gasteiger partial charge in [-0.1, -0.05) is 6.92 Å². The van der Waals surface area contributed by atoms with Gasteiger partial charge in [-0.25, -0.2) is 0 Å². The first kappa shape index (κ1) is 26.7. The topological polar surface area (TPSA) is 185 Å². The monoisotopic (exact) mass is 416 g/mol. The van der Waals surface area contributed by atoms with Crippen LogP contribution in [-0.2, 0) is 19.2 Å². The third kappa shape index (κ3) is 14.4. The number of hydrogen-bond acceptors (Lipinski definition) is 8. The fourth-order valence-corrected chi connectivity index (χ4v) is 3.03. The summed E-state index contributed by atoms with van der Waals surface area (Å²) in [6.45, 7) is 8.89. The third-order valence-electron chi connectivity index (χ3n) is 4.52. The summed E-state index contributed by atoms with van der Waals surface area (Å²) in [6, 6.07) is 0. The molecule has 1 aliphatic heterocycles. The summed E-state index contributed by atoms with van der Waals surface area (Å²) in [6.07, 6.45) is 0.250. The molecule has 0 spiro atoms. The van der Waals surface area contributed by atoms with E-state index in [1.165, 1.54) is 0 Å². The summed E-state index contributed by atoms with van der Waals surface area (Å²) in [5.74, 6) is -1.14. The molecule has 1 saturated heterocycles. The van der Waals surface area contributed by atoms with Gasteiger partial charge in [0.15, 0.2) is 0 Å². The summed E-state index contributed by atoms with van der Waals surface area (Å²) < 4.78 is 0. The molecule has 4 amide bonds. The van der Waals surface area contributed by atoms with Gasteiger partial charge in [0.1, 0.15) is 0 Å². The van der Waals surface area contributed by atoms with Crippen LogP contribution in [0.4, 0.5) is 0 Å². The first-order valence-corrected chi connectivity index (χ1v) is 9.61. The second-order valence-electron chi connectivity index (χ2n) is 6.80.